The molecule has 0 fully saturated rings. The highest BCUT2D eigenvalue weighted by Crippen LogP contribution is 2.24. The average molecular weight is 333 g/mol. The monoisotopic (exact) mass is 333 g/mol. The Hall–Kier alpha value is -1.32. The predicted octanol–water partition coefficient (Wildman–Crippen LogP) is 1.99. The van der Waals surface area contributed by atoms with Gasteiger partial charge in [-0.25, -0.2) is 13.1 Å². The van der Waals surface area contributed by atoms with Crippen LogP contribution in [0.15, 0.2) is 23.1 Å². The number of nitro groups is 1. The molecular weight excluding hydrogens is 314 g/mol. The molecule has 0 bridgehead atoms. The summed E-state index contributed by atoms with van der Waals surface area (Å²) in [6, 6.07) is 3.22. The first kappa shape index (κ1) is 17.7. The minimum atomic E-state index is -3.79. The molecular formula is C12H19N3O4S2. The molecule has 0 spiro atoms. The molecule has 1 aromatic carbocycles. The Bertz CT molecular complexity index is 605. The molecule has 0 saturated heterocycles. The quantitative estimate of drug-likeness (QED) is 0.325. The molecule has 1 aromatic rings. The van der Waals surface area contributed by atoms with Crippen molar-refractivity contribution in [2.45, 2.75) is 31.2 Å². The molecule has 0 aromatic heterocycles. The summed E-state index contributed by atoms with van der Waals surface area (Å²) in [5, 5.41) is 10.8. The normalized spacial score (nSPS) is 13.0. The van der Waals surface area contributed by atoms with Gasteiger partial charge >= 0.3 is 0 Å². The smallest absolute Gasteiger partial charge is 0.293 e. The van der Waals surface area contributed by atoms with E-state index >= 15 is 0 Å². The highest BCUT2D eigenvalue weighted by atomic mass is 32.2. The molecule has 7 nitrogen and oxygen atoms in total. The standard InChI is InChI=1S/C12H19N3O4S2/c1-3-20-7-6-9(2)14-21(18,19)10-4-5-11(13)12(8-10)15(16)17/h4-5,8-9,14H,3,6-7,13H2,1-2H3. The van der Waals surface area contributed by atoms with Crippen molar-refractivity contribution < 1.29 is 13.3 Å². The molecule has 1 rings (SSSR count). The van der Waals surface area contributed by atoms with E-state index in [2.05, 4.69) is 4.72 Å². The molecule has 0 aliphatic rings. The van der Waals surface area contributed by atoms with E-state index in [4.69, 9.17) is 5.73 Å². The summed E-state index contributed by atoms with van der Waals surface area (Å²) in [6.45, 7) is 3.80. The van der Waals surface area contributed by atoms with E-state index in [1.165, 1.54) is 12.1 Å². The van der Waals surface area contributed by atoms with Crippen molar-refractivity contribution in [3.05, 3.63) is 28.3 Å². The van der Waals surface area contributed by atoms with Crippen LogP contribution in [-0.4, -0.2) is 30.9 Å². The third kappa shape index (κ3) is 5.18. The summed E-state index contributed by atoms with van der Waals surface area (Å²) in [4.78, 5) is 9.95. The molecule has 21 heavy (non-hydrogen) atoms. The van der Waals surface area contributed by atoms with Crippen molar-refractivity contribution in [1.82, 2.24) is 4.72 Å². The van der Waals surface area contributed by atoms with Crippen LogP contribution in [0.5, 0.6) is 0 Å². The van der Waals surface area contributed by atoms with Crippen LogP contribution in [-0.2, 0) is 10.0 Å². The van der Waals surface area contributed by atoms with Crippen molar-refractivity contribution in [3.63, 3.8) is 0 Å². The number of anilines is 1. The van der Waals surface area contributed by atoms with E-state index in [1.807, 2.05) is 6.92 Å². The Labute approximate surface area is 128 Å². The second-order valence-electron chi connectivity index (χ2n) is 4.49. The summed E-state index contributed by atoms with van der Waals surface area (Å²) in [6.07, 6.45) is 0.689. The molecule has 1 unspecified atom stereocenters. The molecule has 3 N–H and O–H groups in total. The van der Waals surface area contributed by atoms with Crippen molar-refractivity contribution in [2.24, 2.45) is 0 Å². The topological polar surface area (TPSA) is 115 Å². The largest absolute Gasteiger partial charge is 0.393 e. The number of nitrogen functional groups attached to an aromatic ring is 1. The molecule has 0 aliphatic heterocycles. The van der Waals surface area contributed by atoms with Crippen LogP contribution in [0.3, 0.4) is 0 Å². The zero-order chi connectivity index (χ0) is 16.0. The van der Waals surface area contributed by atoms with Crippen LogP contribution in [0, 0.1) is 10.1 Å². The Balaban J connectivity index is 2.88. The first-order chi connectivity index (χ1) is 9.77. The van der Waals surface area contributed by atoms with E-state index in [9.17, 15) is 18.5 Å². The number of nitrogens with one attached hydrogen (secondary N) is 1. The number of rotatable bonds is 8. The van der Waals surface area contributed by atoms with Gasteiger partial charge in [0, 0.05) is 12.1 Å². The minimum Gasteiger partial charge on any atom is -0.393 e. The summed E-state index contributed by atoms with van der Waals surface area (Å²) in [7, 11) is -3.79. The molecule has 118 valence electrons. The van der Waals surface area contributed by atoms with Gasteiger partial charge in [-0.2, -0.15) is 11.8 Å². The van der Waals surface area contributed by atoms with Gasteiger partial charge in [0.1, 0.15) is 5.69 Å². The molecule has 0 saturated carbocycles. The fourth-order valence-corrected chi connectivity index (χ4v) is 3.75. The highest BCUT2D eigenvalue weighted by molar-refractivity contribution is 7.99. The van der Waals surface area contributed by atoms with Crippen LogP contribution < -0.4 is 10.5 Å². The lowest BCUT2D eigenvalue weighted by Gasteiger charge is -2.14. The van der Waals surface area contributed by atoms with Gasteiger partial charge in [-0.3, -0.25) is 10.1 Å². The van der Waals surface area contributed by atoms with Crippen molar-refractivity contribution >= 4 is 33.2 Å². The number of sulfonamides is 1. The van der Waals surface area contributed by atoms with E-state index in [1.54, 1.807) is 18.7 Å². The Morgan fingerprint density at radius 2 is 2.14 bits per heavy atom. The summed E-state index contributed by atoms with van der Waals surface area (Å²) < 4.78 is 26.9. The van der Waals surface area contributed by atoms with E-state index < -0.39 is 20.6 Å². The van der Waals surface area contributed by atoms with Gasteiger partial charge in [0.15, 0.2) is 0 Å². The van der Waals surface area contributed by atoms with E-state index in [0.29, 0.717) is 6.42 Å². The number of hydrogen-bond donors (Lipinski definition) is 2. The van der Waals surface area contributed by atoms with Crippen LogP contribution in [0.25, 0.3) is 0 Å². The number of thioether (sulfide) groups is 1. The SMILES string of the molecule is CCSCCC(C)NS(=O)(=O)c1ccc(N)c([N+](=O)[O-])c1. The fraction of sp³-hybridized carbons (Fsp3) is 0.500. The third-order valence-corrected chi connectivity index (χ3v) is 5.28. The number of nitro benzene ring substituents is 1. The molecule has 1 atom stereocenters. The number of benzene rings is 1. The second-order valence-corrected chi connectivity index (χ2v) is 7.59. The van der Waals surface area contributed by atoms with Gasteiger partial charge in [-0.05, 0) is 37.0 Å². The van der Waals surface area contributed by atoms with Gasteiger partial charge in [0.2, 0.25) is 10.0 Å². The lowest BCUT2D eigenvalue weighted by atomic mass is 10.3. The summed E-state index contributed by atoms with van der Waals surface area (Å²) in [5.74, 6) is 1.83. The van der Waals surface area contributed by atoms with Crippen molar-refractivity contribution in [1.29, 1.82) is 0 Å². The zero-order valence-corrected chi connectivity index (χ0v) is 13.5. The van der Waals surface area contributed by atoms with Crippen LogP contribution >= 0.6 is 11.8 Å². The predicted molar refractivity (Wildman–Crippen MR) is 84.9 cm³/mol. The molecule has 0 aliphatic carbocycles. The Morgan fingerprint density at radius 3 is 2.71 bits per heavy atom. The van der Waals surface area contributed by atoms with Gasteiger partial charge in [-0.15, -0.1) is 0 Å². The fourth-order valence-electron chi connectivity index (χ4n) is 1.65. The zero-order valence-electron chi connectivity index (χ0n) is 11.9. The average Bonchev–Trinajstić information content (AvgIpc) is 2.38. The maximum Gasteiger partial charge on any atom is 0.293 e. The highest BCUT2D eigenvalue weighted by Gasteiger charge is 2.21. The first-order valence-electron chi connectivity index (χ1n) is 6.42. The number of nitrogens with zero attached hydrogens (tertiary/aromatic N) is 1. The van der Waals surface area contributed by atoms with Crippen LogP contribution in [0.2, 0.25) is 0 Å². The minimum absolute atomic E-state index is 0.0636. The first-order valence-corrected chi connectivity index (χ1v) is 9.05. The van der Waals surface area contributed by atoms with Gasteiger partial charge in [-0.1, -0.05) is 6.92 Å². The Morgan fingerprint density at radius 1 is 1.48 bits per heavy atom. The van der Waals surface area contributed by atoms with Gasteiger partial charge < -0.3 is 5.73 Å². The summed E-state index contributed by atoms with van der Waals surface area (Å²) in [5.41, 5.74) is 4.98. The maximum absolute atomic E-state index is 12.2. The number of nitrogens with two attached hydrogens (primary N) is 1. The molecule has 0 amide bonds. The van der Waals surface area contributed by atoms with Crippen LogP contribution in [0.4, 0.5) is 11.4 Å². The molecule has 0 radical (unpaired) electrons. The second kappa shape index (κ2) is 7.62. The van der Waals surface area contributed by atoms with E-state index in [0.717, 1.165) is 17.6 Å². The molecule has 9 heteroatoms. The lowest BCUT2D eigenvalue weighted by molar-refractivity contribution is -0.384. The maximum atomic E-state index is 12.2. The lowest BCUT2D eigenvalue weighted by Crippen LogP contribution is -2.33. The van der Waals surface area contributed by atoms with Gasteiger partial charge in [0.05, 0.1) is 9.82 Å². The summed E-state index contributed by atoms with van der Waals surface area (Å²) >= 11 is 1.73. The third-order valence-electron chi connectivity index (χ3n) is 2.76. The van der Waals surface area contributed by atoms with Gasteiger partial charge in [0.25, 0.3) is 5.69 Å². The molecule has 0 heterocycles. The van der Waals surface area contributed by atoms with Crippen molar-refractivity contribution in [2.75, 3.05) is 17.2 Å². The number of hydrogen-bond acceptors (Lipinski definition) is 6. The Kier molecular flexibility index (Phi) is 6.43. The van der Waals surface area contributed by atoms with E-state index in [-0.39, 0.29) is 16.6 Å². The van der Waals surface area contributed by atoms with Crippen LogP contribution in [0.1, 0.15) is 20.3 Å². The van der Waals surface area contributed by atoms with Crippen molar-refractivity contribution in [3.8, 4) is 0 Å².